The van der Waals surface area contributed by atoms with E-state index in [-0.39, 0.29) is 18.1 Å². The molecule has 0 radical (unpaired) electrons. The van der Waals surface area contributed by atoms with Gasteiger partial charge in [-0.1, -0.05) is 6.92 Å². The average molecular weight is 293 g/mol. The molecule has 0 aliphatic heterocycles. The molecule has 6 nitrogen and oxygen atoms in total. The first-order valence-electron chi connectivity index (χ1n) is 6.15. The fourth-order valence-corrected chi connectivity index (χ4v) is 2.79. The Kier molecular flexibility index (Phi) is 4.19. The van der Waals surface area contributed by atoms with Gasteiger partial charge < -0.3 is 15.0 Å². The molecular formula is C13H15N3O3S. The van der Waals surface area contributed by atoms with E-state index in [0.29, 0.717) is 5.13 Å². The monoisotopic (exact) mass is 293 g/mol. The number of carboxylic acids is 1. The molecule has 0 saturated carbocycles. The summed E-state index contributed by atoms with van der Waals surface area (Å²) in [7, 11) is 0. The Morgan fingerprint density at radius 3 is 2.85 bits per heavy atom. The zero-order valence-electron chi connectivity index (χ0n) is 11.2. The van der Waals surface area contributed by atoms with E-state index in [9.17, 15) is 9.59 Å². The molecule has 2 aromatic rings. The van der Waals surface area contributed by atoms with Gasteiger partial charge in [0.1, 0.15) is 12.2 Å². The van der Waals surface area contributed by atoms with Gasteiger partial charge in [0.15, 0.2) is 5.13 Å². The van der Waals surface area contributed by atoms with Crippen molar-refractivity contribution in [3.05, 3.63) is 34.6 Å². The predicted octanol–water partition coefficient (Wildman–Crippen LogP) is 2.15. The smallest absolute Gasteiger partial charge is 0.352 e. The minimum atomic E-state index is -1.05. The zero-order chi connectivity index (χ0) is 14.7. The molecule has 7 heteroatoms. The van der Waals surface area contributed by atoms with E-state index >= 15 is 0 Å². The number of thiazole rings is 1. The number of aryl methyl sites for hydroxylation is 2. The summed E-state index contributed by atoms with van der Waals surface area (Å²) in [4.78, 5) is 28.2. The lowest BCUT2D eigenvalue weighted by Crippen LogP contribution is -2.20. The second-order valence-electron chi connectivity index (χ2n) is 4.25. The van der Waals surface area contributed by atoms with Gasteiger partial charge in [0, 0.05) is 11.1 Å². The summed E-state index contributed by atoms with van der Waals surface area (Å²) in [5.41, 5.74) is 1.06. The Labute approximate surface area is 120 Å². The fraction of sp³-hybridized carbons (Fsp3) is 0.308. The maximum absolute atomic E-state index is 11.9. The van der Waals surface area contributed by atoms with Gasteiger partial charge in [-0.2, -0.15) is 0 Å². The third kappa shape index (κ3) is 3.05. The fourth-order valence-electron chi connectivity index (χ4n) is 1.87. The molecule has 0 aliphatic rings. The highest BCUT2D eigenvalue weighted by Crippen LogP contribution is 2.22. The first kappa shape index (κ1) is 14.3. The average Bonchev–Trinajstić information content (AvgIpc) is 2.95. The van der Waals surface area contributed by atoms with Crippen molar-refractivity contribution in [1.29, 1.82) is 0 Å². The highest BCUT2D eigenvalue weighted by Gasteiger charge is 2.13. The quantitative estimate of drug-likeness (QED) is 0.884. The second kappa shape index (κ2) is 5.87. The van der Waals surface area contributed by atoms with Crippen LogP contribution in [0.5, 0.6) is 0 Å². The van der Waals surface area contributed by atoms with Crippen molar-refractivity contribution >= 4 is 28.3 Å². The lowest BCUT2D eigenvalue weighted by Gasteiger charge is -2.05. The Morgan fingerprint density at radius 1 is 1.50 bits per heavy atom. The molecule has 20 heavy (non-hydrogen) atoms. The third-order valence-corrected chi connectivity index (χ3v) is 3.77. The van der Waals surface area contributed by atoms with Crippen molar-refractivity contribution in [1.82, 2.24) is 9.55 Å². The molecule has 0 saturated heterocycles. The number of aromatic carboxylic acids is 1. The van der Waals surface area contributed by atoms with Crippen molar-refractivity contribution in [3.8, 4) is 0 Å². The standard InChI is InChI=1S/C13H15N3O3S/c1-3-9-8(2)20-13(14-9)15-11(17)7-16-6-4-5-10(16)12(18)19/h4-6H,3,7H2,1-2H3,(H,18,19)(H,14,15,17). The Morgan fingerprint density at radius 2 is 2.25 bits per heavy atom. The van der Waals surface area contributed by atoms with E-state index in [1.54, 1.807) is 12.3 Å². The normalized spacial score (nSPS) is 10.5. The number of carboxylic acid groups (broad SMARTS) is 1. The van der Waals surface area contributed by atoms with Crippen LogP contribution < -0.4 is 5.32 Å². The lowest BCUT2D eigenvalue weighted by atomic mass is 10.3. The number of nitrogens with one attached hydrogen (secondary N) is 1. The minimum absolute atomic E-state index is 0.0469. The minimum Gasteiger partial charge on any atom is -0.477 e. The van der Waals surface area contributed by atoms with Gasteiger partial charge in [0.05, 0.1) is 5.69 Å². The molecule has 106 valence electrons. The zero-order valence-corrected chi connectivity index (χ0v) is 12.0. The number of rotatable bonds is 5. The number of anilines is 1. The van der Waals surface area contributed by atoms with Crippen molar-refractivity contribution in [2.45, 2.75) is 26.8 Å². The second-order valence-corrected chi connectivity index (χ2v) is 5.45. The number of nitrogens with zero attached hydrogens (tertiary/aromatic N) is 2. The number of carbonyl (C=O) groups excluding carboxylic acids is 1. The highest BCUT2D eigenvalue weighted by molar-refractivity contribution is 7.15. The molecule has 2 aromatic heterocycles. The summed E-state index contributed by atoms with van der Waals surface area (Å²) in [5.74, 6) is -1.35. The highest BCUT2D eigenvalue weighted by atomic mass is 32.1. The maximum atomic E-state index is 11.9. The molecule has 0 unspecified atom stereocenters. The summed E-state index contributed by atoms with van der Waals surface area (Å²) in [5, 5.41) is 12.2. The number of carbonyl (C=O) groups is 2. The first-order valence-corrected chi connectivity index (χ1v) is 6.97. The van der Waals surface area contributed by atoms with Crippen LogP contribution in [0.1, 0.15) is 28.0 Å². The molecule has 0 spiro atoms. The number of hydrogen-bond acceptors (Lipinski definition) is 4. The van der Waals surface area contributed by atoms with Crippen LogP contribution in [0.15, 0.2) is 18.3 Å². The molecule has 2 N–H and O–H groups in total. The van der Waals surface area contributed by atoms with Crippen molar-refractivity contribution in [2.24, 2.45) is 0 Å². The molecule has 1 amide bonds. The molecule has 0 bridgehead atoms. The van der Waals surface area contributed by atoms with Crippen LogP contribution in [-0.2, 0) is 17.8 Å². The van der Waals surface area contributed by atoms with Crippen LogP contribution in [0.25, 0.3) is 0 Å². The van der Waals surface area contributed by atoms with Crippen molar-refractivity contribution < 1.29 is 14.7 Å². The van der Waals surface area contributed by atoms with E-state index in [1.807, 2.05) is 13.8 Å². The van der Waals surface area contributed by atoms with Crippen LogP contribution in [0.2, 0.25) is 0 Å². The van der Waals surface area contributed by atoms with Gasteiger partial charge >= 0.3 is 5.97 Å². The topological polar surface area (TPSA) is 84.2 Å². The van der Waals surface area contributed by atoms with Gasteiger partial charge in [-0.05, 0) is 25.5 Å². The van der Waals surface area contributed by atoms with E-state index in [1.165, 1.54) is 22.0 Å². The van der Waals surface area contributed by atoms with E-state index < -0.39 is 5.97 Å². The van der Waals surface area contributed by atoms with Gasteiger partial charge in [0.25, 0.3) is 0 Å². The summed E-state index contributed by atoms with van der Waals surface area (Å²) >= 11 is 1.42. The largest absolute Gasteiger partial charge is 0.477 e. The van der Waals surface area contributed by atoms with E-state index in [2.05, 4.69) is 10.3 Å². The molecule has 2 heterocycles. The SMILES string of the molecule is CCc1nc(NC(=O)Cn2cccc2C(=O)O)sc1C. The van der Waals surface area contributed by atoms with Crippen LogP contribution in [0.3, 0.4) is 0 Å². The van der Waals surface area contributed by atoms with Crippen LogP contribution in [0, 0.1) is 6.92 Å². The lowest BCUT2D eigenvalue weighted by molar-refractivity contribution is -0.116. The van der Waals surface area contributed by atoms with Crippen LogP contribution in [-0.4, -0.2) is 26.5 Å². The van der Waals surface area contributed by atoms with Gasteiger partial charge in [-0.25, -0.2) is 9.78 Å². The molecule has 0 aromatic carbocycles. The number of aromatic nitrogens is 2. The molecular weight excluding hydrogens is 278 g/mol. The molecule has 0 atom stereocenters. The number of hydrogen-bond donors (Lipinski definition) is 2. The molecule has 0 aliphatic carbocycles. The predicted molar refractivity (Wildman–Crippen MR) is 76.3 cm³/mol. The summed E-state index contributed by atoms with van der Waals surface area (Å²) in [6.07, 6.45) is 2.38. The maximum Gasteiger partial charge on any atom is 0.352 e. The molecule has 0 fully saturated rings. The van der Waals surface area contributed by atoms with Gasteiger partial charge in [-0.3, -0.25) is 4.79 Å². The van der Waals surface area contributed by atoms with Crippen molar-refractivity contribution in [2.75, 3.05) is 5.32 Å². The molecule has 2 rings (SSSR count). The summed E-state index contributed by atoms with van der Waals surface area (Å²) < 4.78 is 1.39. The summed E-state index contributed by atoms with van der Waals surface area (Å²) in [6, 6.07) is 3.05. The van der Waals surface area contributed by atoms with Crippen LogP contribution >= 0.6 is 11.3 Å². The summed E-state index contributed by atoms with van der Waals surface area (Å²) in [6.45, 7) is 3.92. The van der Waals surface area contributed by atoms with Gasteiger partial charge in [-0.15, -0.1) is 11.3 Å². The third-order valence-electron chi connectivity index (χ3n) is 2.84. The van der Waals surface area contributed by atoms with E-state index in [4.69, 9.17) is 5.11 Å². The Hall–Kier alpha value is -2.15. The van der Waals surface area contributed by atoms with Crippen molar-refractivity contribution in [3.63, 3.8) is 0 Å². The Balaban J connectivity index is 2.05. The Bertz CT molecular complexity index is 645. The first-order chi connectivity index (χ1) is 9.51. The van der Waals surface area contributed by atoms with Crippen LogP contribution in [0.4, 0.5) is 5.13 Å². The van der Waals surface area contributed by atoms with Gasteiger partial charge in [0.2, 0.25) is 5.91 Å². The number of amides is 1. The van der Waals surface area contributed by atoms with E-state index in [0.717, 1.165) is 17.0 Å².